The highest BCUT2D eigenvalue weighted by atomic mass is 32.1. The molecule has 3 atom stereocenters. The fourth-order valence-electron chi connectivity index (χ4n) is 1.11. The summed E-state index contributed by atoms with van der Waals surface area (Å²) in [7, 11) is 2.00. The fourth-order valence-corrected chi connectivity index (χ4v) is 1.42. The van der Waals surface area contributed by atoms with Gasteiger partial charge < -0.3 is 8.92 Å². The fraction of sp³-hybridized carbons (Fsp3) is 0.667. The maximum Gasteiger partial charge on any atom is 0.155 e. The van der Waals surface area contributed by atoms with Gasteiger partial charge in [0.2, 0.25) is 0 Å². The minimum Gasteiger partial charge on any atom is -0.501 e. The van der Waals surface area contributed by atoms with E-state index in [1.165, 1.54) is 0 Å². The van der Waals surface area contributed by atoms with Crippen molar-refractivity contribution in [3.63, 3.8) is 0 Å². The Labute approximate surface area is 67.6 Å². The van der Waals surface area contributed by atoms with E-state index < -0.39 is 0 Å². The number of hydrogen-bond donors (Lipinski definition) is 1. The van der Waals surface area contributed by atoms with Crippen LogP contribution in [0.4, 0.5) is 0 Å². The molecule has 56 valence electrons. The molecule has 0 radical (unpaired) electrons. The van der Waals surface area contributed by atoms with Crippen molar-refractivity contribution in [1.82, 2.24) is 0 Å². The molecule has 1 heterocycles. The lowest BCUT2D eigenvalue weighted by Crippen LogP contribution is -2.20. The van der Waals surface area contributed by atoms with Crippen LogP contribution in [-0.4, -0.2) is 20.0 Å². The van der Waals surface area contributed by atoms with E-state index in [0.29, 0.717) is 11.7 Å². The largest absolute Gasteiger partial charge is 0.501 e. The zero-order chi connectivity index (χ0) is 7.72. The normalized spacial score (nSPS) is 39.8. The molecule has 0 saturated carbocycles. The Bertz CT molecular complexity index is 151. The smallest absolute Gasteiger partial charge is 0.155 e. The second-order valence-electron chi connectivity index (χ2n) is 2.67. The molecule has 0 amide bonds. The lowest BCUT2D eigenvalue weighted by molar-refractivity contribution is 0.208. The molecule has 0 bridgehead atoms. The van der Waals surface area contributed by atoms with Crippen LogP contribution in [0, 0.1) is 5.92 Å². The molecule has 0 aromatic rings. The Balaban J connectivity index is 2.64. The molecule has 2 nitrogen and oxygen atoms in total. The van der Waals surface area contributed by atoms with Gasteiger partial charge in [-0.25, -0.2) is 0 Å². The summed E-state index contributed by atoms with van der Waals surface area (Å²) >= 11 is 3.73. The van der Waals surface area contributed by atoms with Crippen molar-refractivity contribution >= 4 is 20.8 Å². The SMILES string of the molecule is BC1OC(=C)C(OS)C1C. The zero-order valence-corrected chi connectivity index (χ0v) is 7.10. The number of thiol groups is 1. The Hall–Kier alpha value is -0.0851. The molecule has 0 aliphatic carbocycles. The summed E-state index contributed by atoms with van der Waals surface area (Å²) in [4.78, 5) is 0. The Morgan fingerprint density at radius 2 is 2.40 bits per heavy atom. The Morgan fingerprint density at radius 1 is 1.80 bits per heavy atom. The second-order valence-corrected chi connectivity index (χ2v) is 2.89. The summed E-state index contributed by atoms with van der Waals surface area (Å²) in [5.74, 6) is 1.04. The molecule has 0 spiro atoms. The molecule has 1 aliphatic rings. The molecule has 0 N–H and O–H groups in total. The van der Waals surface area contributed by atoms with Crippen molar-refractivity contribution in [3.8, 4) is 0 Å². The van der Waals surface area contributed by atoms with Gasteiger partial charge in [-0.1, -0.05) is 13.5 Å². The highest BCUT2D eigenvalue weighted by Gasteiger charge is 2.34. The van der Waals surface area contributed by atoms with Crippen LogP contribution in [0.2, 0.25) is 0 Å². The van der Waals surface area contributed by atoms with Gasteiger partial charge in [0.15, 0.2) is 7.85 Å². The Morgan fingerprint density at radius 3 is 2.60 bits per heavy atom. The minimum absolute atomic E-state index is 0.0432. The van der Waals surface area contributed by atoms with Crippen molar-refractivity contribution in [2.24, 2.45) is 5.92 Å². The molecule has 10 heavy (non-hydrogen) atoms. The third kappa shape index (κ3) is 1.18. The van der Waals surface area contributed by atoms with Gasteiger partial charge in [-0.05, 0) is 12.9 Å². The first-order valence-electron chi connectivity index (χ1n) is 3.32. The van der Waals surface area contributed by atoms with Crippen LogP contribution in [-0.2, 0) is 8.92 Å². The summed E-state index contributed by atoms with van der Waals surface area (Å²) in [6.07, 6.45) is -0.0432. The molecular formula is C6H11BO2S. The summed E-state index contributed by atoms with van der Waals surface area (Å²) in [5.41, 5.74) is 0. The molecule has 3 unspecified atom stereocenters. The molecule has 1 saturated heterocycles. The van der Waals surface area contributed by atoms with Crippen molar-refractivity contribution in [2.75, 3.05) is 0 Å². The van der Waals surface area contributed by atoms with Crippen molar-refractivity contribution in [1.29, 1.82) is 0 Å². The summed E-state index contributed by atoms with van der Waals surface area (Å²) in [5, 5.41) is 0. The molecular weight excluding hydrogens is 147 g/mol. The van der Waals surface area contributed by atoms with Crippen LogP contribution < -0.4 is 0 Å². The highest BCUT2D eigenvalue weighted by Crippen LogP contribution is 2.29. The first-order chi connectivity index (χ1) is 4.66. The summed E-state index contributed by atoms with van der Waals surface area (Å²) in [6, 6.07) is 0.199. The van der Waals surface area contributed by atoms with E-state index in [1.54, 1.807) is 0 Å². The topological polar surface area (TPSA) is 18.5 Å². The number of rotatable bonds is 1. The van der Waals surface area contributed by atoms with Crippen molar-refractivity contribution < 1.29 is 8.92 Å². The molecule has 1 rings (SSSR count). The monoisotopic (exact) mass is 158 g/mol. The third-order valence-corrected chi connectivity index (χ3v) is 2.21. The number of ether oxygens (including phenoxy) is 1. The highest BCUT2D eigenvalue weighted by molar-refractivity contribution is 7.75. The van der Waals surface area contributed by atoms with Crippen molar-refractivity contribution in [2.45, 2.75) is 19.0 Å². The van der Waals surface area contributed by atoms with Gasteiger partial charge in [0.1, 0.15) is 11.9 Å². The summed E-state index contributed by atoms with van der Waals surface area (Å²) < 4.78 is 10.2. The molecule has 0 aromatic heterocycles. The predicted molar refractivity (Wildman–Crippen MR) is 45.6 cm³/mol. The van der Waals surface area contributed by atoms with Crippen LogP contribution in [0.25, 0.3) is 0 Å². The first kappa shape index (κ1) is 8.02. The second kappa shape index (κ2) is 2.88. The molecule has 0 aromatic carbocycles. The standard InChI is InChI=1S/C6H11BO2S/c1-3-5(9-10)4(2)8-6(3)7/h3,5-6,10H,2,7H2,1H3. The average molecular weight is 158 g/mol. The molecule has 1 fully saturated rings. The third-order valence-electron chi connectivity index (χ3n) is 1.99. The minimum atomic E-state index is -0.0432. The van der Waals surface area contributed by atoms with E-state index in [4.69, 9.17) is 8.92 Å². The van der Waals surface area contributed by atoms with E-state index in [2.05, 4.69) is 26.4 Å². The van der Waals surface area contributed by atoms with Crippen LogP contribution in [0.15, 0.2) is 12.3 Å². The maximum absolute atomic E-state index is 5.31. The van der Waals surface area contributed by atoms with E-state index in [0.717, 1.165) is 0 Å². The van der Waals surface area contributed by atoms with Crippen LogP contribution in [0.1, 0.15) is 6.92 Å². The van der Waals surface area contributed by atoms with Gasteiger partial charge in [-0.3, -0.25) is 0 Å². The van der Waals surface area contributed by atoms with Gasteiger partial charge in [0.25, 0.3) is 0 Å². The van der Waals surface area contributed by atoms with E-state index >= 15 is 0 Å². The quantitative estimate of drug-likeness (QED) is 0.337. The lowest BCUT2D eigenvalue weighted by Gasteiger charge is -2.10. The van der Waals surface area contributed by atoms with Crippen LogP contribution >= 0.6 is 12.9 Å². The average Bonchev–Trinajstić information content (AvgIpc) is 2.09. The Kier molecular flexibility index (Phi) is 2.31. The lowest BCUT2D eigenvalue weighted by atomic mass is 9.87. The molecule has 4 heteroatoms. The number of hydrogen-bond acceptors (Lipinski definition) is 3. The van der Waals surface area contributed by atoms with Crippen LogP contribution in [0.5, 0.6) is 0 Å². The van der Waals surface area contributed by atoms with Gasteiger partial charge in [0.05, 0.1) is 6.00 Å². The van der Waals surface area contributed by atoms with Gasteiger partial charge in [-0.15, -0.1) is 0 Å². The van der Waals surface area contributed by atoms with Gasteiger partial charge in [0, 0.05) is 5.92 Å². The van der Waals surface area contributed by atoms with Crippen LogP contribution in [0.3, 0.4) is 0 Å². The van der Waals surface area contributed by atoms with E-state index in [1.807, 2.05) is 7.85 Å². The van der Waals surface area contributed by atoms with Gasteiger partial charge >= 0.3 is 0 Å². The zero-order valence-electron chi connectivity index (χ0n) is 6.20. The van der Waals surface area contributed by atoms with Gasteiger partial charge in [-0.2, -0.15) is 0 Å². The van der Waals surface area contributed by atoms with E-state index in [-0.39, 0.29) is 12.1 Å². The predicted octanol–water partition coefficient (Wildman–Crippen LogP) is 0.356. The van der Waals surface area contributed by atoms with E-state index in [9.17, 15) is 0 Å². The first-order valence-corrected chi connectivity index (χ1v) is 3.69. The van der Waals surface area contributed by atoms with Crippen molar-refractivity contribution in [3.05, 3.63) is 12.3 Å². The maximum atomic E-state index is 5.31. The summed E-state index contributed by atoms with van der Waals surface area (Å²) in [6.45, 7) is 5.77. The molecule has 1 aliphatic heterocycles.